The second kappa shape index (κ2) is 14.5. The second-order valence-electron chi connectivity index (χ2n) is 25.1. The highest BCUT2D eigenvalue weighted by Crippen LogP contribution is 2.63. The minimum Gasteiger partial charge on any atom is -0.310 e. The lowest BCUT2D eigenvalue weighted by atomic mass is 9.33. The summed E-state index contributed by atoms with van der Waals surface area (Å²) in [6.45, 7) is 10.00. The maximum absolute atomic E-state index is 2.85. The second-order valence-corrected chi connectivity index (χ2v) is 25.1. The van der Waals surface area contributed by atoms with Crippen LogP contribution in [0.2, 0.25) is 0 Å². The summed E-state index contributed by atoms with van der Waals surface area (Å²) in [6.07, 6.45) is 10.0. The SMILES string of the molecule is CC1(C)CCC(c2cc3c4c(c2)c2cc(C5CCC(C)(C)CC5)cc5c2n4-c2c(ccc4c2B3c2cc3ccccc3c3c(-c6ccccc6)c(-c6ccccc6)n-4c23)C52c3ccccc3-c3ccccc32)CC1. The van der Waals surface area contributed by atoms with Crippen LogP contribution in [0.15, 0.2) is 176 Å². The van der Waals surface area contributed by atoms with Crippen LogP contribution >= 0.6 is 0 Å². The molecule has 3 aliphatic heterocycles. The fourth-order valence-electron chi connectivity index (χ4n) is 16.5. The van der Waals surface area contributed by atoms with E-state index in [1.165, 1.54) is 178 Å². The van der Waals surface area contributed by atoms with Gasteiger partial charge in [-0.1, -0.05) is 185 Å². The van der Waals surface area contributed by atoms with Gasteiger partial charge in [-0.05, 0) is 175 Å². The molecule has 2 fully saturated rings. The van der Waals surface area contributed by atoms with Crippen LogP contribution in [0, 0.1) is 10.8 Å². The monoisotopic (exact) mass is 950 g/mol. The van der Waals surface area contributed by atoms with Gasteiger partial charge < -0.3 is 9.13 Å². The predicted octanol–water partition coefficient (Wildman–Crippen LogP) is 16.4. The van der Waals surface area contributed by atoms with Gasteiger partial charge in [0.25, 0.3) is 6.71 Å². The molecule has 1 spiro atoms. The number of nitrogens with zero attached hydrogens (tertiary/aromatic N) is 2. The van der Waals surface area contributed by atoms with E-state index in [4.69, 9.17) is 0 Å². The predicted molar refractivity (Wildman–Crippen MR) is 311 cm³/mol. The van der Waals surface area contributed by atoms with Crippen molar-refractivity contribution in [3.8, 4) is 44.9 Å². The molecule has 0 bridgehead atoms. The van der Waals surface area contributed by atoms with Gasteiger partial charge in [-0.25, -0.2) is 0 Å². The zero-order chi connectivity index (χ0) is 49.0. The van der Waals surface area contributed by atoms with Gasteiger partial charge in [0.1, 0.15) is 0 Å². The van der Waals surface area contributed by atoms with Crippen molar-refractivity contribution < 1.29 is 0 Å². The Labute approximate surface area is 434 Å². The minimum absolute atomic E-state index is 0.0199. The molecule has 9 aromatic carbocycles. The lowest BCUT2D eigenvalue weighted by Crippen LogP contribution is -2.60. The molecule has 0 atom stereocenters. The maximum Gasteiger partial charge on any atom is 0.252 e. The van der Waals surface area contributed by atoms with E-state index in [1.54, 1.807) is 11.1 Å². The van der Waals surface area contributed by atoms with Gasteiger partial charge in [0.15, 0.2) is 0 Å². The van der Waals surface area contributed by atoms with Gasteiger partial charge >= 0.3 is 0 Å². The fourth-order valence-corrected chi connectivity index (χ4v) is 16.5. The molecule has 3 aliphatic carbocycles. The number of rotatable bonds is 4. The van der Waals surface area contributed by atoms with Crippen LogP contribution in [0.4, 0.5) is 0 Å². The molecule has 5 heterocycles. The van der Waals surface area contributed by atoms with E-state index in [0.717, 1.165) is 0 Å². The molecular weight excluding hydrogens is 892 g/mol. The molecule has 0 saturated heterocycles. The Hall–Kier alpha value is -7.36. The molecule has 356 valence electrons. The topological polar surface area (TPSA) is 9.86 Å². The number of hydrogen-bond donors (Lipinski definition) is 0. The highest BCUT2D eigenvalue weighted by molar-refractivity contribution is 7.00. The summed E-state index contributed by atoms with van der Waals surface area (Å²) in [5, 5.41) is 6.90. The van der Waals surface area contributed by atoms with Crippen molar-refractivity contribution >= 4 is 66.6 Å². The fraction of sp³-hybridized carbons (Fsp3) is 0.239. The molecule has 0 unspecified atom stereocenters. The van der Waals surface area contributed by atoms with Gasteiger partial charge in [-0.3, -0.25) is 0 Å². The van der Waals surface area contributed by atoms with E-state index in [-0.39, 0.29) is 6.71 Å². The van der Waals surface area contributed by atoms with E-state index < -0.39 is 5.41 Å². The van der Waals surface area contributed by atoms with Crippen LogP contribution in [0.3, 0.4) is 0 Å². The average molecular weight is 951 g/mol. The smallest absolute Gasteiger partial charge is 0.252 e. The summed E-state index contributed by atoms with van der Waals surface area (Å²) < 4.78 is 5.59. The average Bonchev–Trinajstić information content (AvgIpc) is 4.08. The van der Waals surface area contributed by atoms with Gasteiger partial charge in [0.2, 0.25) is 0 Å². The van der Waals surface area contributed by atoms with Crippen LogP contribution in [0.1, 0.15) is 124 Å². The van der Waals surface area contributed by atoms with Crippen molar-refractivity contribution in [3.05, 3.63) is 209 Å². The summed E-state index contributed by atoms with van der Waals surface area (Å²) in [5.41, 5.74) is 28.2. The first kappa shape index (κ1) is 42.0. The zero-order valence-corrected chi connectivity index (χ0v) is 43.0. The van der Waals surface area contributed by atoms with Crippen molar-refractivity contribution in [3.63, 3.8) is 0 Å². The molecule has 0 N–H and O–H groups in total. The van der Waals surface area contributed by atoms with Crippen LogP contribution < -0.4 is 16.4 Å². The summed E-state index contributed by atoms with van der Waals surface area (Å²) in [6, 6.07) is 69.6. The quantitative estimate of drug-likeness (QED) is 0.156. The molecule has 0 radical (unpaired) electrons. The molecule has 2 saturated carbocycles. The third-order valence-corrected chi connectivity index (χ3v) is 20.1. The third kappa shape index (κ3) is 5.28. The molecule has 2 aromatic heterocycles. The van der Waals surface area contributed by atoms with Crippen molar-refractivity contribution in [1.82, 2.24) is 9.13 Å². The Morgan fingerprint density at radius 2 is 1.00 bits per heavy atom. The summed E-state index contributed by atoms with van der Waals surface area (Å²) >= 11 is 0. The highest BCUT2D eigenvalue weighted by atomic mass is 15.1. The number of hydrogen-bond acceptors (Lipinski definition) is 0. The Balaban J connectivity index is 1.09. The maximum atomic E-state index is 2.85. The number of fused-ring (bicyclic) bond motifs is 13. The summed E-state index contributed by atoms with van der Waals surface area (Å²) in [5.74, 6) is 1.06. The van der Waals surface area contributed by atoms with Gasteiger partial charge in [0.05, 0.1) is 22.1 Å². The molecule has 3 heteroatoms. The standard InChI is InChI=1S/C71H59BN2/c1-69(2)33-29-42(30-34-69)47-37-52-53-38-48(43-31-35-70(3,4)36-32-43)41-58-66(53)74-65(52)57(39-47)71(54-25-15-13-23-50(54)51-24-14-16-26-55(51)71)56-27-28-60-63(67(56)74)72(58)59-40-46-21-11-12-22-49(46)62-61(44-17-7-5-8-18-44)64(73(60)68(59)62)45-19-9-6-10-20-45/h5-28,37-43H,29-36H2,1-4H3. The van der Waals surface area contributed by atoms with Gasteiger partial charge in [-0.15, -0.1) is 0 Å². The van der Waals surface area contributed by atoms with Gasteiger partial charge in [-0.2, -0.15) is 0 Å². The molecule has 17 rings (SSSR count). The third-order valence-electron chi connectivity index (χ3n) is 20.1. The highest BCUT2D eigenvalue weighted by Gasteiger charge is 2.55. The number of benzene rings is 9. The Morgan fingerprint density at radius 1 is 0.446 bits per heavy atom. The van der Waals surface area contributed by atoms with E-state index in [0.29, 0.717) is 22.7 Å². The van der Waals surface area contributed by atoms with Crippen LogP contribution in [-0.4, -0.2) is 15.8 Å². The first-order chi connectivity index (χ1) is 36.2. The van der Waals surface area contributed by atoms with Crippen molar-refractivity contribution in [2.24, 2.45) is 10.8 Å². The molecule has 6 aliphatic rings. The van der Waals surface area contributed by atoms with Crippen LogP contribution in [0.25, 0.3) is 88.4 Å². The first-order valence-corrected chi connectivity index (χ1v) is 27.9. The van der Waals surface area contributed by atoms with Crippen molar-refractivity contribution in [2.75, 3.05) is 0 Å². The van der Waals surface area contributed by atoms with E-state index in [1.807, 2.05) is 0 Å². The Bertz CT molecular complexity index is 4210. The number of aromatic nitrogens is 2. The molecular formula is C71H59BN2. The van der Waals surface area contributed by atoms with Crippen LogP contribution in [0.5, 0.6) is 0 Å². The summed E-state index contributed by atoms with van der Waals surface area (Å²) in [4.78, 5) is 0. The largest absolute Gasteiger partial charge is 0.310 e. The van der Waals surface area contributed by atoms with E-state index in [9.17, 15) is 0 Å². The lowest BCUT2D eigenvalue weighted by Gasteiger charge is -2.44. The Morgan fingerprint density at radius 3 is 1.66 bits per heavy atom. The van der Waals surface area contributed by atoms with E-state index >= 15 is 0 Å². The normalized spacial score (nSPS) is 18.3. The lowest BCUT2D eigenvalue weighted by molar-refractivity contribution is 0.224. The first-order valence-electron chi connectivity index (χ1n) is 27.9. The van der Waals surface area contributed by atoms with Crippen LogP contribution in [-0.2, 0) is 5.41 Å². The minimum atomic E-state index is -0.517. The Kier molecular flexibility index (Phi) is 8.23. The molecule has 0 amide bonds. The van der Waals surface area contributed by atoms with Crippen molar-refractivity contribution in [1.29, 1.82) is 0 Å². The molecule has 74 heavy (non-hydrogen) atoms. The van der Waals surface area contributed by atoms with Gasteiger partial charge in [0, 0.05) is 38.6 Å². The zero-order valence-electron chi connectivity index (χ0n) is 43.0. The van der Waals surface area contributed by atoms with Crippen molar-refractivity contribution in [2.45, 2.75) is 96.3 Å². The summed E-state index contributed by atoms with van der Waals surface area (Å²) in [7, 11) is 0. The van der Waals surface area contributed by atoms with E-state index in [2.05, 4.69) is 213 Å². The molecule has 2 nitrogen and oxygen atoms in total. The molecule has 11 aromatic rings.